The van der Waals surface area contributed by atoms with E-state index in [1.807, 2.05) is 10.8 Å². The summed E-state index contributed by atoms with van der Waals surface area (Å²) in [6.07, 6.45) is -0.0427. The van der Waals surface area contributed by atoms with E-state index in [1.165, 1.54) is 0 Å². The first-order valence-electron chi connectivity index (χ1n) is 6.25. The average Bonchev–Trinajstić information content (AvgIpc) is 2.68. The van der Waals surface area contributed by atoms with Crippen LogP contribution in [0.2, 0.25) is 0 Å². The summed E-state index contributed by atoms with van der Waals surface area (Å²) in [5.74, 6) is 0.158. The van der Waals surface area contributed by atoms with Crippen molar-refractivity contribution in [2.45, 2.75) is 51.2 Å². The summed E-state index contributed by atoms with van der Waals surface area (Å²) in [6, 6.07) is 1.79. The van der Waals surface area contributed by atoms with Gasteiger partial charge in [-0.2, -0.15) is 13.2 Å². The SMILES string of the molecule is O=C1CCCc2c1ccn2CCCCC(F)(F)F. The molecule has 2 nitrogen and oxygen atoms in total. The van der Waals surface area contributed by atoms with Gasteiger partial charge in [0.25, 0.3) is 0 Å². The van der Waals surface area contributed by atoms with E-state index in [2.05, 4.69) is 0 Å². The zero-order chi connectivity index (χ0) is 13.2. The summed E-state index contributed by atoms with van der Waals surface area (Å²) in [5.41, 5.74) is 1.76. The molecule has 0 spiro atoms. The molecule has 2 rings (SSSR count). The van der Waals surface area contributed by atoms with Crippen molar-refractivity contribution in [1.82, 2.24) is 4.57 Å². The molecule has 0 saturated carbocycles. The summed E-state index contributed by atoms with van der Waals surface area (Å²) in [6.45, 7) is 0.568. The predicted molar refractivity (Wildman–Crippen MR) is 61.6 cm³/mol. The van der Waals surface area contributed by atoms with E-state index in [-0.39, 0.29) is 12.2 Å². The fourth-order valence-electron chi connectivity index (χ4n) is 2.41. The van der Waals surface area contributed by atoms with Crippen molar-refractivity contribution in [2.75, 3.05) is 0 Å². The number of aryl methyl sites for hydroxylation is 1. The Bertz CT molecular complexity index is 434. The number of Topliss-reactive ketones (excluding diaryl/α,β-unsaturated/α-hetero) is 1. The summed E-state index contributed by atoms with van der Waals surface area (Å²) >= 11 is 0. The average molecular weight is 259 g/mol. The molecule has 1 aliphatic rings. The molecule has 0 saturated heterocycles. The van der Waals surface area contributed by atoms with Gasteiger partial charge in [-0.15, -0.1) is 0 Å². The van der Waals surface area contributed by atoms with E-state index in [4.69, 9.17) is 0 Å². The number of hydrogen-bond donors (Lipinski definition) is 0. The Morgan fingerprint density at radius 1 is 1.22 bits per heavy atom. The third-order valence-corrected chi connectivity index (χ3v) is 3.31. The van der Waals surface area contributed by atoms with Crippen molar-refractivity contribution in [2.24, 2.45) is 0 Å². The summed E-state index contributed by atoms with van der Waals surface area (Å²) in [7, 11) is 0. The second-order valence-corrected chi connectivity index (χ2v) is 4.72. The molecule has 1 heterocycles. The number of aromatic nitrogens is 1. The van der Waals surface area contributed by atoms with E-state index in [9.17, 15) is 18.0 Å². The summed E-state index contributed by atoms with van der Waals surface area (Å²) in [4.78, 5) is 11.6. The maximum Gasteiger partial charge on any atom is 0.389 e. The van der Waals surface area contributed by atoms with Gasteiger partial charge in [-0.05, 0) is 31.7 Å². The first-order valence-corrected chi connectivity index (χ1v) is 6.25. The van der Waals surface area contributed by atoms with Gasteiger partial charge in [0.1, 0.15) is 0 Å². The molecular formula is C13H16F3NO. The van der Waals surface area contributed by atoms with Crippen LogP contribution in [0.4, 0.5) is 13.2 Å². The molecule has 1 aromatic heterocycles. The Balaban J connectivity index is 1.89. The van der Waals surface area contributed by atoms with Crippen LogP contribution in [-0.4, -0.2) is 16.5 Å². The van der Waals surface area contributed by atoms with E-state index in [1.54, 1.807) is 6.07 Å². The largest absolute Gasteiger partial charge is 0.389 e. The van der Waals surface area contributed by atoms with Crippen LogP contribution in [0.1, 0.15) is 48.2 Å². The van der Waals surface area contributed by atoms with Gasteiger partial charge in [-0.3, -0.25) is 4.79 Å². The van der Waals surface area contributed by atoms with E-state index >= 15 is 0 Å². The molecule has 0 amide bonds. The molecule has 100 valence electrons. The molecule has 0 aromatic carbocycles. The Labute approximate surface area is 104 Å². The first-order chi connectivity index (χ1) is 8.47. The molecule has 0 unspecified atom stereocenters. The fraction of sp³-hybridized carbons (Fsp3) is 0.615. The third-order valence-electron chi connectivity index (χ3n) is 3.31. The van der Waals surface area contributed by atoms with E-state index in [0.717, 1.165) is 24.1 Å². The Morgan fingerprint density at radius 2 is 2.00 bits per heavy atom. The lowest BCUT2D eigenvalue weighted by atomic mass is 9.97. The Kier molecular flexibility index (Phi) is 3.78. The number of ketones is 1. The van der Waals surface area contributed by atoms with Gasteiger partial charge in [-0.25, -0.2) is 0 Å². The third kappa shape index (κ3) is 3.15. The molecule has 0 fully saturated rings. The minimum absolute atomic E-state index is 0.143. The summed E-state index contributed by atoms with van der Waals surface area (Å²) < 4.78 is 37.9. The molecular weight excluding hydrogens is 243 g/mol. The fourth-order valence-corrected chi connectivity index (χ4v) is 2.41. The number of unbranched alkanes of at least 4 members (excludes halogenated alkanes) is 1. The zero-order valence-corrected chi connectivity index (χ0v) is 10.1. The number of fused-ring (bicyclic) bond motifs is 1. The minimum atomic E-state index is -4.06. The highest BCUT2D eigenvalue weighted by Gasteiger charge is 2.26. The molecule has 0 atom stereocenters. The van der Waals surface area contributed by atoms with Crippen molar-refractivity contribution < 1.29 is 18.0 Å². The van der Waals surface area contributed by atoms with Gasteiger partial charge in [0.05, 0.1) is 0 Å². The van der Waals surface area contributed by atoms with Gasteiger partial charge in [-0.1, -0.05) is 0 Å². The van der Waals surface area contributed by atoms with Gasteiger partial charge < -0.3 is 4.57 Å². The number of halogens is 3. The second kappa shape index (κ2) is 5.16. The molecule has 1 aromatic rings. The van der Waals surface area contributed by atoms with E-state index < -0.39 is 12.6 Å². The quantitative estimate of drug-likeness (QED) is 0.755. The van der Waals surface area contributed by atoms with Gasteiger partial charge in [0, 0.05) is 36.8 Å². The van der Waals surface area contributed by atoms with Crippen LogP contribution in [0.3, 0.4) is 0 Å². The lowest BCUT2D eigenvalue weighted by Gasteiger charge is -2.15. The van der Waals surface area contributed by atoms with Crippen LogP contribution in [0.5, 0.6) is 0 Å². The molecule has 0 radical (unpaired) electrons. The van der Waals surface area contributed by atoms with Crippen molar-refractivity contribution >= 4 is 5.78 Å². The van der Waals surface area contributed by atoms with E-state index in [0.29, 0.717) is 19.4 Å². The smallest absolute Gasteiger partial charge is 0.351 e. The number of rotatable bonds is 4. The van der Waals surface area contributed by atoms with Crippen molar-refractivity contribution in [3.63, 3.8) is 0 Å². The van der Waals surface area contributed by atoms with Crippen molar-refractivity contribution in [3.05, 3.63) is 23.5 Å². The first kappa shape index (κ1) is 13.2. The normalized spacial score (nSPS) is 15.8. The molecule has 18 heavy (non-hydrogen) atoms. The van der Waals surface area contributed by atoms with Crippen molar-refractivity contribution in [1.29, 1.82) is 0 Å². The van der Waals surface area contributed by atoms with Crippen LogP contribution in [0.25, 0.3) is 0 Å². The van der Waals surface area contributed by atoms with Crippen LogP contribution >= 0.6 is 0 Å². The standard InChI is InChI=1S/C13H16F3NO/c14-13(15,16)7-1-2-8-17-9-6-10-11(17)4-3-5-12(10)18/h6,9H,1-5,7-8H2. The number of carbonyl (C=O) groups excluding carboxylic acids is 1. The minimum Gasteiger partial charge on any atom is -0.351 e. The molecule has 0 bridgehead atoms. The van der Waals surface area contributed by atoms with Crippen LogP contribution in [0, 0.1) is 0 Å². The topological polar surface area (TPSA) is 22.0 Å². The predicted octanol–water partition coefficient (Wildman–Crippen LogP) is 3.74. The number of nitrogens with zero attached hydrogens (tertiary/aromatic N) is 1. The lowest BCUT2D eigenvalue weighted by Crippen LogP contribution is -2.13. The molecule has 0 N–H and O–H groups in total. The monoisotopic (exact) mass is 259 g/mol. The molecule has 0 aliphatic heterocycles. The van der Waals surface area contributed by atoms with Crippen LogP contribution in [-0.2, 0) is 13.0 Å². The zero-order valence-electron chi connectivity index (χ0n) is 10.1. The van der Waals surface area contributed by atoms with Crippen molar-refractivity contribution in [3.8, 4) is 0 Å². The van der Waals surface area contributed by atoms with Crippen LogP contribution < -0.4 is 0 Å². The summed E-state index contributed by atoms with van der Waals surface area (Å²) in [5, 5.41) is 0. The Morgan fingerprint density at radius 3 is 2.72 bits per heavy atom. The van der Waals surface area contributed by atoms with Crippen LogP contribution in [0.15, 0.2) is 12.3 Å². The van der Waals surface area contributed by atoms with Gasteiger partial charge in [0.15, 0.2) is 5.78 Å². The number of alkyl halides is 3. The van der Waals surface area contributed by atoms with Gasteiger partial charge in [0.2, 0.25) is 0 Å². The molecule has 1 aliphatic carbocycles. The highest BCUT2D eigenvalue weighted by Crippen LogP contribution is 2.24. The second-order valence-electron chi connectivity index (χ2n) is 4.72. The Hall–Kier alpha value is -1.26. The van der Waals surface area contributed by atoms with Gasteiger partial charge >= 0.3 is 6.18 Å². The lowest BCUT2D eigenvalue weighted by molar-refractivity contribution is -0.135. The highest BCUT2D eigenvalue weighted by molar-refractivity contribution is 5.98. The molecule has 5 heteroatoms. The maximum absolute atomic E-state index is 12.0. The number of hydrogen-bond acceptors (Lipinski definition) is 1. The highest BCUT2D eigenvalue weighted by atomic mass is 19.4. The maximum atomic E-state index is 12.0. The number of carbonyl (C=O) groups is 1.